The van der Waals surface area contributed by atoms with E-state index in [4.69, 9.17) is 4.74 Å². The van der Waals surface area contributed by atoms with Crippen LogP contribution in [0.3, 0.4) is 0 Å². The van der Waals surface area contributed by atoms with Crippen molar-refractivity contribution in [3.8, 4) is 0 Å². The number of nitrogens with one attached hydrogen (secondary N) is 2. The van der Waals surface area contributed by atoms with Crippen molar-refractivity contribution in [2.45, 2.75) is 36.9 Å². The predicted molar refractivity (Wildman–Crippen MR) is 79.3 cm³/mol. The lowest BCUT2D eigenvalue weighted by Crippen LogP contribution is -2.48. The number of urea groups is 1. The molecule has 0 aromatic rings. The summed E-state index contributed by atoms with van der Waals surface area (Å²) in [5.74, 6) is -1.72. The second kappa shape index (κ2) is 7.10. The van der Waals surface area contributed by atoms with E-state index in [0.29, 0.717) is 18.6 Å². The molecular formula is C13H16F3N3O5S. The highest BCUT2D eigenvalue weighted by atomic mass is 32.2. The summed E-state index contributed by atoms with van der Waals surface area (Å²) in [5.41, 5.74) is 0. The van der Waals surface area contributed by atoms with Gasteiger partial charge < -0.3 is 15.0 Å². The van der Waals surface area contributed by atoms with Gasteiger partial charge in [-0.1, -0.05) is 0 Å². The summed E-state index contributed by atoms with van der Waals surface area (Å²) in [6.07, 6.45) is -3.67. The summed E-state index contributed by atoms with van der Waals surface area (Å²) < 4.78 is 40.5. The first-order valence-corrected chi connectivity index (χ1v) is 8.27. The van der Waals surface area contributed by atoms with Crippen LogP contribution in [0.15, 0.2) is 0 Å². The summed E-state index contributed by atoms with van der Waals surface area (Å²) in [6.45, 7) is -0.591. The zero-order chi connectivity index (χ0) is 18.8. The van der Waals surface area contributed by atoms with Gasteiger partial charge in [-0.05, 0) is 13.3 Å². The minimum absolute atomic E-state index is 0.176. The Hall–Kier alpha value is -1.98. The molecular weight excluding hydrogens is 367 g/mol. The third kappa shape index (κ3) is 4.77. The number of thioether (sulfide) groups is 1. The number of carbonyl (C=O) groups is 4. The van der Waals surface area contributed by atoms with Gasteiger partial charge >= 0.3 is 18.2 Å². The molecule has 2 heterocycles. The Morgan fingerprint density at radius 3 is 2.72 bits per heavy atom. The number of alkyl halides is 3. The van der Waals surface area contributed by atoms with E-state index in [1.807, 2.05) is 6.92 Å². The summed E-state index contributed by atoms with van der Waals surface area (Å²) in [6, 6.07) is -2.17. The molecule has 25 heavy (non-hydrogen) atoms. The summed E-state index contributed by atoms with van der Waals surface area (Å²) in [4.78, 5) is 47.5. The fraction of sp³-hybridized carbons (Fsp3) is 0.692. The van der Waals surface area contributed by atoms with Crippen molar-refractivity contribution in [2.75, 3.05) is 18.9 Å². The van der Waals surface area contributed by atoms with Crippen molar-refractivity contribution in [1.29, 1.82) is 0 Å². The molecule has 2 aliphatic rings. The minimum atomic E-state index is -4.61. The molecule has 0 aromatic heterocycles. The van der Waals surface area contributed by atoms with Crippen LogP contribution in [0.1, 0.15) is 19.8 Å². The third-order valence-corrected chi connectivity index (χ3v) is 5.27. The van der Waals surface area contributed by atoms with Crippen molar-refractivity contribution in [2.24, 2.45) is 0 Å². The fourth-order valence-electron chi connectivity index (χ4n) is 2.62. The van der Waals surface area contributed by atoms with Gasteiger partial charge in [-0.2, -0.15) is 13.2 Å². The molecule has 140 valence electrons. The molecule has 2 saturated heterocycles. The van der Waals surface area contributed by atoms with Crippen LogP contribution in [0.2, 0.25) is 0 Å². The highest BCUT2D eigenvalue weighted by molar-refractivity contribution is 8.01. The van der Waals surface area contributed by atoms with E-state index >= 15 is 0 Å². The zero-order valence-electron chi connectivity index (χ0n) is 13.1. The predicted octanol–water partition coefficient (Wildman–Crippen LogP) is 0.372. The summed E-state index contributed by atoms with van der Waals surface area (Å²) in [5, 5.41) is 3.05. The van der Waals surface area contributed by atoms with E-state index < -0.39 is 48.1 Å². The second-order valence-corrected chi connectivity index (χ2v) is 7.22. The normalized spacial score (nSPS) is 25.5. The molecule has 2 N–H and O–H groups in total. The van der Waals surface area contributed by atoms with Gasteiger partial charge in [0.1, 0.15) is 12.6 Å². The van der Waals surface area contributed by atoms with Crippen molar-refractivity contribution >= 4 is 35.6 Å². The van der Waals surface area contributed by atoms with Gasteiger partial charge in [-0.3, -0.25) is 14.9 Å². The topological polar surface area (TPSA) is 105 Å². The van der Waals surface area contributed by atoms with Crippen LogP contribution >= 0.6 is 11.8 Å². The number of rotatable bonds is 4. The zero-order valence-corrected chi connectivity index (χ0v) is 14.0. The largest absolute Gasteiger partial charge is 0.454 e. The molecule has 0 aliphatic carbocycles. The van der Waals surface area contributed by atoms with Gasteiger partial charge in [-0.15, -0.1) is 11.8 Å². The molecule has 2 aliphatic heterocycles. The number of hydrogen-bond acceptors (Lipinski definition) is 6. The number of esters is 1. The number of ether oxygens (including phenoxy) is 1. The first-order chi connectivity index (χ1) is 11.5. The average molecular weight is 383 g/mol. The highest BCUT2D eigenvalue weighted by Gasteiger charge is 2.53. The van der Waals surface area contributed by atoms with Crippen molar-refractivity contribution in [1.82, 2.24) is 15.5 Å². The molecule has 2 rings (SSSR count). The molecule has 4 amide bonds. The molecule has 2 fully saturated rings. The SMILES string of the molecule is C[C@]12CCC(=O)N1[C@@H](C(=O)OCC(=O)NC(=O)NCC(F)(F)F)CS2. The molecule has 0 saturated carbocycles. The fourth-order valence-corrected chi connectivity index (χ4v) is 4.03. The van der Waals surface area contributed by atoms with Crippen LogP contribution in [0.4, 0.5) is 18.0 Å². The lowest BCUT2D eigenvalue weighted by atomic mass is 10.2. The standard InChI is InChI=1S/C13H16F3N3O5S/c1-12-3-2-9(21)19(12)7(5-25-12)10(22)24-4-8(20)18-11(23)17-6-13(14,15)16/h7H,2-6H2,1H3,(H2,17,18,20,23)/t7-,12+/m1/s1. The lowest BCUT2D eigenvalue weighted by molar-refractivity contribution is -0.156. The van der Waals surface area contributed by atoms with Crippen molar-refractivity contribution < 1.29 is 37.1 Å². The quantitative estimate of drug-likeness (QED) is 0.680. The molecule has 8 nitrogen and oxygen atoms in total. The summed E-state index contributed by atoms with van der Waals surface area (Å²) in [7, 11) is 0. The molecule has 12 heteroatoms. The van der Waals surface area contributed by atoms with Gasteiger partial charge in [0.2, 0.25) is 5.91 Å². The number of fused-ring (bicyclic) bond motifs is 1. The van der Waals surface area contributed by atoms with Gasteiger partial charge in [0.25, 0.3) is 5.91 Å². The maximum Gasteiger partial charge on any atom is 0.405 e. The van der Waals surface area contributed by atoms with Gasteiger partial charge in [-0.25, -0.2) is 9.59 Å². The third-order valence-electron chi connectivity index (χ3n) is 3.76. The number of carbonyl (C=O) groups excluding carboxylic acids is 4. The van der Waals surface area contributed by atoms with E-state index in [1.165, 1.54) is 22.0 Å². The average Bonchev–Trinajstić information content (AvgIpc) is 2.99. The number of nitrogens with zero attached hydrogens (tertiary/aromatic N) is 1. The van der Waals surface area contributed by atoms with E-state index in [9.17, 15) is 32.3 Å². The molecule has 0 radical (unpaired) electrons. The monoisotopic (exact) mass is 383 g/mol. The Balaban J connectivity index is 1.77. The van der Waals surface area contributed by atoms with Crippen LogP contribution in [-0.4, -0.2) is 64.7 Å². The van der Waals surface area contributed by atoms with Crippen LogP contribution in [0, 0.1) is 0 Å². The van der Waals surface area contributed by atoms with Crippen LogP contribution in [0.25, 0.3) is 0 Å². The molecule has 0 spiro atoms. The van der Waals surface area contributed by atoms with Crippen molar-refractivity contribution in [3.05, 3.63) is 0 Å². The number of amides is 4. The van der Waals surface area contributed by atoms with Gasteiger partial charge in [0.05, 0.1) is 4.87 Å². The Kier molecular flexibility index (Phi) is 5.49. The van der Waals surface area contributed by atoms with Crippen molar-refractivity contribution in [3.63, 3.8) is 0 Å². The van der Waals surface area contributed by atoms with Gasteiger partial charge in [0.15, 0.2) is 6.61 Å². The second-order valence-electron chi connectivity index (χ2n) is 5.72. The maximum atomic E-state index is 12.1. The van der Waals surface area contributed by atoms with E-state index in [1.54, 1.807) is 5.32 Å². The van der Waals surface area contributed by atoms with Crippen LogP contribution < -0.4 is 10.6 Å². The molecule has 0 bridgehead atoms. The Labute approximate surface area is 144 Å². The number of halogens is 3. The first-order valence-electron chi connectivity index (χ1n) is 7.29. The maximum absolute atomic E-state index is 12.1. The minimum Gasteiger partial charge on any atom is -0.454 e. The molecule has 0 unspecified atom stereocenters. The lowest BCUT2D eigenvalue weighted by Gasteiger charge is -2.29. The van der Waals surface area contributed by atoms with Crippen LogP contribution in [-0.2, 0) is 19.1 Å². The van der Waals surface area contributed by atoms with E-state index in [0.717, 1.165) is 0 Å². The number of imide groups is 1. The Bertz CT molecular complexity index is 600. The molecule has 0 aromatic carbocycles. The number of hydrogen-bond donors (Lipinski definition) is 2. The summed E-state index contributed by atoms with van der Waals surface area (Å²) >= 11 is 1.44. The van der Waals surface area contributed by atoms with Gasteiger partial charge in [0, 0.05) is 12.2 Å². The van der Waals surface area contributed by atoms with Crippen LogP contribution in [0.5, 0.6) is 0 Å². The van der Waals surface area contributed by atoms with E-state index in [-0.39, 0.29) is 5.91 Å². The van der Waals surface area contributed by atoms with E-state index in [2.05, 4.69) is 0 Å². The first kappa shape index (κ1) is 19.3. The Morgan fingerprint density at radius 2 is 2.08 bits per heavy atom. The highest BCUT2D eigenvalue weighted by Crippen LogP contribution is 2.47. The smallest absolute Gasteiger partial charge is 0.405 e. The molecule has 2 atom stereocenters. The Morgan fingerprint density at radius 1 is 1.40 bits per heavy atom.